The van der Waals surface area contributed by atoms with Crippen molar-refractivity contribution in [3.63, 3.8) is 0 Å². The summed E-state index contributed by atoms with van der Waals surface area (Å²) in [5, 5.41) is 0. The number of halogens is 1. The maximum atomic E-state index is 10.0. The van der Waals surface area contributed by atoms with E-state index in [0.717, 1.165) is 15.7 Å². The van der Waals surface area contributed by atoms with E-state index in [1.165, 1.54) is 6.08 Å². The average molecular weight is 275 g/mol. The molecule has 78 valence electrons. The van der Waals surface area contributed by atoms with Crippen molar-refractivity contribution in [1.29, 1.82) is 0 Å². The number of rotatable bonds is 2. The van der Waals surface area contributed by atoms with Crippen LogP contribution in [0.4, 0.5) is 5.69 Å². The lowest BCUT2D eigenvalue weighted by atomic mass is 10.1. The molecule has 0 aliphatic carbocycles. The van der Waals surface area contributed by atoms with Crippen molar-refractivity contribution in [1.82, 2.24) is 4.98 Å². The largest absolute Gasteiger partial charge is 0.254 e. The van der Waals surface area contributed by atoms with Crippen LogP contribution in [0.2, 0.25) is 0 Å². The molecule has 0 saturated carbocycles. The highest BCUT2D eigenvalue weighted by Gasteiger charge is 1.98. The van der Waals surface area contributed by atoms with Gasteiger partial charge >= 0.3 is 0 Å². The zero-order chi connectivity index (χ0) is 11.4. The van der Waals surface area contributed by atoms with Gasteiger partial charge in [-0.3, -0.25) is 4.98 Å². The van der Waals surface area contributed by atoms with Crippen LogP contribution in [-0.2, 0) is 4.79 Å². The summed E-state index contributed by atoms with van der Waals surface area (Å²) in [6.07, 6.45) is 3.02. The molecule has 0 aliphatic heterocycles. The van der Waals surface area contributed by atoms with Crippen LogP contribution in [0.5, 0.6) is 0 Å². The fourth-order valence-corrected chi connectivity index (χ4v) is 1.56. The molecule has 3 nitrogen and oxygen atoms in total. The molecule has 0 amide bonds. The van der Waals surface area contributed by atoms with E-state index in [9.17, 15) is 4.79 Å². The molecule has 0 saturated heterocycles. The van der Waals surface area contributed by atoms with E-state index in [-0.39, 0.29) is 0 Å². The van der Waals surface area contributed by atoms with Crippen LogP contribution in [0.15, 0.2) is 52.1 Å². The fourth-order valence-electron chi connectivity index (χ4n) is 1.30. The Balaban J connectivity index is 2.34. The molecule has 0 N–H and O–H groups in total. The lowest BCUT2D eigenvalue weighted by molar-refractivity contribution is 0.565. The van der Waals surface area contributed by atoms with Crippen LogP contribution in [-0.4, -0.2) is 11.1 Å². The van der Waals surface area contributed by atoms with Gasteiger partial charge in [-0.15, -0.1) is 0 Å². The molecule has 0 fully saturated rings. The number of carbonyl (C=O) groups excluding carboxylic acids is 1. The number of isocyanates is 1. The lowest BCUT2D eigenvalue weighted by Gasteiger charge is -2.00. The number of hydrogen-bond donors (Lipinski definition) is 0. The van der Waals surface area contributed by atoms with Gasteiger partial charge in [-0.2, -0.15) is 4.99 Å². The van der Waals surface area contributed by atoms with Gasteiger partial charge in [-0.25, -0.2) is 4.79 Å². The molecular formula is C12H7BrN2O. The van der Waals surface area contributed by atoms with Crippen molar-refractivity contribution in [3.05, 3.63) is 47.1 Å². The highest BCUT2D eigenvalue weighted by atomic mass is 79.9. The smallest absolute Gasteiger partial charge is 0.240 e. The van der Waals surface area contributed by atoms with Crippen LogP contribution in [0.25, 0.3) is 11.3 Å². The summed E-state index contributed by atoms with van der Waals surface area (Å²) in [4.78, 5) is 17.7. The highest BCUT2D eigenvalue weighted by Crippen LogP contribution is 2.21. The Morgan fingerprint density at radius 1 is 1.12 bits per heavy atom. The van der Waals surface area contributed by atoms with E-state index < -0.39 is 0 Å². The topological polar surface area (TPSA) is 42.3 Å². The van der Waals surface area contributed by atoms with Crippen molar-refractivity contribution in [2.24, 2.45) is 4.99 Å². The first-order chi connectivity index (χ1) is 7.79. The van der Waals surface area contributed by atoms with E-state index >= 15 is 0 Å². The van der Waals surface area contributed by atoms with Crippen LogP contribution in [0.3, 0.4) is 0 Å². The van der Waals surface area contributed by atoms with Crippen molar-refractivity contribution in [2.45, 2.75) is 0 Å². The fraction of sp³-hybridized carbons (Fsp3) is 0. The van der Waals surface area contributed by atoms with Crippen LogP contribution in [0, 0.1) is 0 Å². The average Bonchev–Trinajstić information content (AvgIpc) is 2.32. The monoisotopic (exact) mass is 274 g/mol. The Morgan fingerprint density at radius 3 is 2.44 bits per heavy atom. The minimum absolute atomic E-state index is 0.510. The van der Waals surface area contributed by atoms with Gasteiger partial charge in [0, 0.05) is 10.0 Å². The van der Waals surface area contributed by atoms with Gasteiger partial charge in [0.2, 0.25) is 6.08 Å². The Kier molecular flexibility index (Phi) is 3.25. The number of benzene rings is 1. The zero-order valence-corrected chi connectivity index (χ0v) is 9.81. The number of nitrogens with zero attached hydrogens (tertiary/aromatic N) is 2. The van der Waals surface area contributed by atoms with E-state index in [0.29, 0.717) is 5.69 Å². The number of aromatic nitrogens is 1. The van der Waals surface area contributed by atoms with Gasteiger partial charge in [-0.1, -0.05) is 28.1 Å². The molecule has 0 radical (unpaired) electrons. The van der Waals surface area contributed by atoms with E-state index in [1.54, 1.807) is 12.3 Å². The van der Waals surface area contributed by atoms with Crippen molar-refractivity contribution in [2.75, 3.05) is 0 Å². The standard InChI is InChI=1S/C12H7BrN2O/c13-10-3-1-9(2-4-10)12-6-5-11(7-14-12)15-8-16/h1-7H. The summed E-state index contributed by atoms with van der Waals surface area (Å²) in [5.41, 5.74) is 2.37. The van der Waals surface area contributed by atoms with Gasteiger partial charge < -0.3 is 0 Å². The van der Waals surface area contributed by atoms with Gasteiger partial charge in [0.05, 0.1) is 17.6 Å². The van der Waals surface area contributed by atoms with Crippen LogP contribution in [0.1, 0.15) is 0 Å². The summed E-state index contributed by atoms with van der Waals surface area (Å²) >= 11 is 3.37. The summed E-state index contributed by atoms with van der Waals surface area (Å²) < 4.78 is 1.03. The zero-order valence-electron chi connectivity index (χ0n) is 8.22. The van der Waals surface area contributed by atoms with Crippen LogP contribution < -0.4 is 0 Å². The molecule has 2 rings (SSSR count). The third kappa shape index (κ3) is 2.42. The third-order valence-electron chi connectivity index (χ3n) is 2.06. The molecule has 16 heavy (non-hydrogen) atoms. The number of pyridine rings is 1. The third-order valence-corrected chi connectivity index (χ3v) is 2.59. The molecule has 0 spiro atoms. The number of hydrogen-bond acceptors (Lipinski definition) is 3. The Labute approximate surface area is 101 Å². The van der Waals surface area contributed by atoms with Crippen LogP contribution >= 0.6 is 15.9 Å². The maximum Gasteiger partial charge on any atom is 0.240 e. The van der Waals surface area contributed by atoms with Gasteiger partial charge in [0.1, 0.15) is 0 Å². The molecule has 1 heterocycles. The second kappa shape index (κ2) is 4.84. The van der Waals surface area contributed by atoms with E-state index in [2.05, 4.69) is 25.9 Å². The van der Waals surface area contributed by atoms with E-state index in [4.69, 9.17) is 0 Å². The summed E-state index contributed by atoms with van der Waals surface area (Å²) in [7, 11) is 0. The molecular weight excluding hydrogens is 268 g/mol. The molecule has 0 unspecified atom stereocenters. The second-order valence-corrected chi connectivity index (χ2v) is 4.03. The predicted molar refractivity (Wildman–Crippen MR) is 65.2 cm³/mol. The summed E-state index contributed by atoms with van der Waals surface area (Å²) in [6.45, 7) is 0. The predicted octanol–water partition coefficient (Wildman–Crippen LogP) is 3.48. The molecule has 2 aromatic rings. The first-order valence-electron chi connectivity index (χ1n) is 4.59. The maximum absolute atomic E-state index is 10.0. The molecule has 4 heteroatoms. The Morgan fingerprint density at radius 2 is 1.88 bits per heavy atom. The van der Waals surface area contributed by atoms with Gasteiger partial charge in [0.15, 0.2) is 0 Å². The molecule has 1 aromatic carbocycles. The molecule has 0 atom stereocenters. The SMILES string of the molecule is O=C=Nc1ccc(-c2ccc(Br)cc2)nc1. The normalized spacial score (nSPS) is 9.56. The molecule has 0 bridgehead atoms. The minimum atomic E-state index is 0.510. The van der Waals surface area contributed by atoms with Gasteiger partial charge in [-0.05, 0) is 24.3 Å². The first-order valence-corrected chi connectivity index (χ1v) is 5.39. The molecule has 1 aromatic heterocycles. The highest BCUT2D eigenvalue weighted by molar-refractivity contribution is 9.10. The van der Waals surface area contributed by atoms with Gasteiger partial charge in [0.25, 0.3) is 0 Å². The number of aliphatic imine (C=N–C) groups is 1. The quantitative estimate of drug-likeness (QED) is 0.622. The Hall–Kier alpha value is -1.77. The summed E-state index contributed by atoms with van der Waals surface area (Å²) in [6, 6.07) is 11.4. The van der Waals surface area contributed by atoms with Crippen molar-refractivity contribution < 1.29 is 4.79 Å². The van der Waals surface area contributed by atoms with E-state index in [1.807, 2.05) is 30.3 Å². The lowest BCUT2D eigenvalue weighted by Crippen LogP contribution is -1.81. The minimum Gasteiger partial charge on any atom is -0.254 e. The first kappa shape index (κ1) is 10.7. The molecule has 0 aliphatic rings. The Bertz CT molecular complexity index is 528. The second-order valence-electron chi connectivity index (χ2n) is 3.11. The summed E-state index contributed by atoms with van der Waals surface area (Å²) in [5.74, 6) is 0. The van der Waals surface area contributed by atoms with Crippen molar-refractivity contribution in [3.8, 4) is 11.3 Å². The van der Waals surface area contributed by atoms with Crippen molar-refractivity contribution >= 4 is 27.7 Å².